The lowest BCUT2D eigenvalue weighted by molar-refractivity contribution is 0.146. The Kier molecular flexibility index (Phi) is 8.36. The molecule has 0 spiro atoms. The minimum atomic E-state index is 0. The van der Waals surface area contributed by atoms with E-state index in [-0.39, 0.29) is 24.0 Å². The van der Waals surface area contributed by atoms with E-state index >= 15 is 0 Å². The zero-order valence-electron chi connectivity index (χ0n) is 11.7. The second-order valence-electron chi connectivity index (χ2n) is 4.35. The van der Waals surface area contributed by atoms with Gasteiger partial charge in [0.05, 0.1) is 6.61 Å². The van der Waals surface area contributed by atoms with Gasteiger partial charge < -0.3 is 20.1 Å². The number of hydrogen-bond donors (Lipinski definition) is 2. The van der Waals surface area contributed by atoms with Gasteiger partial charge in [-0.25, -0.2) is 0 Å². The van der Waals surface area contributed by atoms with Crippen molar-refractivity contribution in [2.75, 3.05) is 33.4 Å². The molecule has 0 bridgehead atoms. The smallest absolute Gasteiger partial charge is 0.191 e. The third-order valence-corrected chi connectivity index (χ3v) is 2.84. The molecule has 1 aliphatic heterocycles. The highest BCUT2D eigenvalue weighted by atomic mass is 127. The maximum atomic E-state index is 5.51. The summed E-state index contributed by atoms with van der Waals surface area (Å²) < 4.78 is 10.5. The number of halogens is 1. The van der Waals surface area contributed by atoms with Crippen molar-refractivity contribution in [3.63, 3.8) is 0 Å². The standard InChI is InChI=1S/C14H21N3O2.HI/c1-18-9-10-19-13-5-3-12(4-6-13)11-17-14-15-7-2-8-16-14;/h3-6H,2,7-11H2,1H3,(H2,15,16,17);1H. The lowest BCUT2D eigenvalue weighted by Gasteiger charge is -2.16. The Morgan fingerprint density at radius 3 is 2.70 bits per heavy atom. The van der Waals surface area contributed by atoms with Gasteiger partial charge in [-0.15, -0.1) is 24.0 Å². The molecule has 1 aromatic carbocycles. The van der Waals surface area contributed by atoms with Crippen molar-refractivity contribution in [2.45, 2.75) is 13.0 Å². The minimum absolute atomic E-state index is 0. The topological polar surface area (TPSA) is 54.9 Å². The molecule has 1 aromatic rings. The third kappa shape index (κ3) is 5.96. The summed E-state index contributed by atoms with van der Waals surface area (Å²) in [5, 5.41) is 6.52. The summed E-state index contributed by atoms with van der Waals surface area (Å²) in [6.45, 7) is 3.85. The summed E-state index contributed by atoms with van der Waals surface area (Å²) in [6.07, 6.45) is 1.11. The summed E-state index contributed by atoms with van der Waals surface area (Å²) in [6, 6.07) is 8.06. The van der Waals surface area contributed by atoms with E-state index in [9.17, 15) is 0 Å². The highest BCUT2D eigenvalue weighted by Gasteiger charge is 2.03. The number of ether oxygens (including phenoxy) is 2. The second kappa shape index (κ2) is 9.82. The molecule has 2 rings (SSSR count). The van der Waals surface area contributed by atoms with Crippen molar-refractivity contribution in [1.82, 2.24) is 10.6 Å². The van der Waals surface area contributed by atoms with Crippen molar-refractivity contribution < 1.29 is 9.47 Å². The molecule has 0 saturated heterocycles. The fourth-order valence-corrected chi connectivity index (χ4v) is 1.78. The van der Waals surface area contributed by atoms with Gasteiger partial charge in [-0.2, -0.15) is 0 Å². The molecule has 112 valence electrons. The Labute approximate surface area is 137 Å². The largest absolute Gasteiger partial charge is 0.491 e. The van der Waals surface area contributed by atoms with Gasteiger partial charge in [-0.05, 0) is 24.1 Å². The van der Waals surface area contributed by atoms with E-state index in [1.807, 2.05) is 12.1 Å². The summed E-state index contributed by atoms with van der Waals surface area (Å²) in [5.74, 6) is 1.76. The van der Waals surface area contributed by atoms with E-state index in [0.717, 1.165) is 37.8 Å². The van der Waals surface area contributed by atoms with Crippen LogP contribution in [-0.4, -0.2) is 39.4 Å². The summed E-state index contributed by atoms with van der Waals surface area (Å²) in [4.78, 5) is 4.37. The van der Waals surface area contributed by atoms with Crippen LogP contribution in [0.4, 0.5) is 0 Å². The molecule has 1 heterocycles. The van der Waals surface area contributed by atoms with Crippen LogP contribution in [0.1, 0.15) is 12.0 Å². The van der Waals surface area contributed by atoms with E-state index in [1.165, 1.54) is 5.56 Å². The van der Waals surface area contributed by atoms with Crippen LogP contribution in [0.2, 0.25) is 0 Å². The molecule has 0 radical (unpaired) electrons. The van der Waals surface area contributed by atoms with Crippen molar-refractivity contribution in [3.05, 3.63) is 29.8 Å². The molecule has 6 heteroatoms. The lowest BCUT2D eigenvalue weighted by atomic mass is 10.2. The van der Waals surface area contributed by atoms with Crippen LogP contribution < -0.4 is 15.4 Å². The number of nitrogens with zero attached hydrogens (tertiary/aromatic N) is 1. The number of methoxy groups -OCH3 is 1. The SMILES string of the molecule is COCCOc1ccc(CNC2=NCCCN2)cc1.I. The van der Waals surface area contributed by atoms with Crippen LogP contribution in [0.15, 0.2) is 29.3 Å². The molecule has 0 aromatic heterocycles. The molecule has 20 heavy (non-hydrogen) atoms. The van der Waals surface area contributed by atoms with Gasteiger partial charge in [0.2, 0.25) is 0 Å². The average molecular weight is 391 g/mol. The molecule has 0 saturated carbocycles. The molecule has 0 atom stereocenters. The minimum Gasteiger partial charge on any atom is -0.491 e. The van der Waals surface area contributed by atoms with Crippen LogP contribution in [-0.2, 0) is 11.3 Å². The first kappa shape index (κ1) is 17.0. The summed E-state index contributed by atoms with van der Waals surface area (Å²) >= 11 is 0. The van der Waals surface area contributed by atoms with Gasteiger partial charge in [0.1, 0.15) is 12.4 Å². The van der Waals surface area contributed by atoms with Crippen LogP contribution >= 0.6 is 24.0 Å². The van der Waals surface area contributed by atoms with Crippen molar-refractivity contribution in [3.8, 4) is 5.75 Å². The van der Waals surface area contributed by atoms with Crippen LogP contribution in [0.25, 0.3) is 0 Å². The van der Waals surface area contributed by atoms with Gasteiger partial charge in [-0.3, -0.25) is 4.99 Å². The van der Waals surface area contributed by atoms with Gasteiger partial charge in [0, 0.05) is 26.7 Å². The third-order valence-electron chi connectivity index (χ3n) is 2.84. The zero-order valence-corrected chi connectivity index (χ0v) is 14.1. The van der Waals surface area contributed by atoms with Crippen LogP contribution in [0.3, 0.4) is 0 Å². The molecule has 5 nitrogen and oxygen atoms in total. The highest BCUT2D eigenvalue weighted by molar-refractivity contribution is 14.0. The van der Waals surface area contributed by atoms with E-state index in [4.69, 9.17) is 9.47 Å². The molecular weight excluding hydrogens is 369 g/mol. The molecule has 0 aliphatic carbocycles. The predicted molar refractivity (Wildman–Crippen MR) is 91.0 cm³/mol. The Morgan fingerprint density at radius 1 is 1.25 bits per heavy atom. The monoisotopic (exact) mass is 391 g/mol. The Balaban J connectivity index is 0.00000200. The maximum Gasteiger partial charge on any atom is 0.191 e. The van der Waals surface area contributed by atoms with Crippen molar-refractivity contribution in [2.24, 2.45) is 4.99 Å². The van der Waals surface area contributed by atoms with Gasteiger partial charge in [0.15, 0.2) is 5.96 Å². The van der Waals surface area contributed by atoms with Gasteiger partial charge in [0.25, 0.3) is 0 Å². The van der Waals surface area contributed by atoms with Gasteiger partial charge in [-0.1, -0.05) is 12.1 Å². The normalized spacial score (nSPS) is 13.8. The Hall–Kier alpha value is -1.02. The number of guanidine groups is 1. The number of hydrogen-bond acceptors (Lipinski definition) is 5. The first-order valence-corrected chi connectivity index (χ1v) is 6.61. The number of nitrogens with one attached hydrogen (secondary N) is 2. The summed E-state index contributed by atoms with van der Waals surface area (Å²) in [7, 11) is 1.67. The Morgan fingerprint density at radius 2 is 2.05 bits per heavy atom. The van der Waals surface area contributed by atoms with E-state index in [1.54, 1.807) is 7.11 Å². The molecule has 0 unspecified atom stereocenters. The van der Waals surface area contributed by atoms with Crippen LogP contribution in [0, 0.1) is 0 Å². The maximum absolute atomic E-state index is 5.51. The molecule has 0 fully saturated rings. The number of aliphatic imine (C=N–C) groups is 1. The molecule has 0 amide bonds. The lowest BCUT2D eigenvalue weighted by Crippen LogP contribution is -2.40. The fraction of sp³-hybridized carbons (Fsp3) is 0.500. The first-order valence-electron chi connectivity index (χ1n) is 6.61. The van der Waals surface area contributed by atoms with Gasteiger partial charge >= 0.3 is 0 Å². The molecule has 1 aliphatic rings. The van der Waals surface area contributed by atoms with Crippen molar-refractivity contribution in [1.29, 1.82) is 0 Å². The second-order valence-corrected chi connectivity index (χ2v) is 4.35. The zero-order chi connectivity index (χ0) is 13.3. The van der Waals surface area contributed by atoms with E-state index < -0.39 is 0 Å². The fourth-order valence-electron chi connectivity index (χ4n) is 1.78. The predicted octanol–water partition coefficient (Wildman–Crippen LogP) is 1.77. The number of benzene rings is 1. The number of rotatable bonds is 6. The van der Waals surface area contributed by atoms with Crippen molar-refractivity contribution >= 4 is 29.9 Å². The van der Waals surface area contributed by atoms with Crippen LogP contribution in [0.5, 0.6) is 5.75 Å². The summed E-state index contributed by atoms with van der Waals surface area (Å²) in [5.41, 5.74) is 1.20. The average Bonchev–Trinajstić information content (AvgIpc) is 2.48. The molecular formula is C14H22IN3O2. The molecule has 2 N–H and O–H groups in total. The Bertz CT molecular complexity index is 409. The van der Waals surface area contributed by atoms with E-state index in [0.29, 0.717) is 13.2 Å². The van der Waals surface area contributed by atoms with E-state index in [2.05, 4.69) is 27.8 Å². The highest BCUT2D eigenvalue weighted by Crippen LogP contribution is 2.11. The quantitative estimate of drug-likeness (QED) is 0.574. The first-order chi connectivity index (χ1) is 9.38.